The molecule has 6 nitrogen and oxygen atoms in total. The lowest BCUT2D eigenvalue weighted by Crippen LogP contribution is -2.46. The number of aromatic nitrogens is 3. The molecule has 2 aromatic heterocycles. The van der Waals surface area contributed by atoms with Crippen molar-refractivity contribution in [3.63, 3.8) is 0 Å². The minimum absolute atomic E-state index is 0.0655. The van der Waals surface area contributed by atoms with Crippen molar-refractivity contribution in [2.24, 2.45) is 5.92 Å². The lowest BCUT2D eigenvalue weighted by Gasteiger charge is -2.20. The van der Waals surface area contributed by atoms with Crippen LogP contribution < -0.4 is 5.32 Å². The van der Waals surface area contributed by atoms with Crippen molar-refractivity contribution in [2.75, 3.05) is 0 Å². The molecular weight excluding hydrogens is 311 g/mol. The fourth-order valence-electron chi connectivity index (χ4n) is 2.45. The minimum atomic E-state index is -4.50. The highest BCUT2D eigenvalue weighted by atomic mass is 19.4. The highest BCUT2D eigenvalue weighted by molar-refractivity contribution is 6.00. The van der Waals surface area contributed by atoms with Crippen molar-refractivity contribution in [3.05, 3.63) is 29.2 Å². The van der Waals surface area contributed by atoms with Crippen molar-refractivity contribution in [1.82, 2.24) is 19.9 Å². The zero-order chi connectivity index (χ0) is 16.8. The van der Waals surface area contributed by atoms with Crippen LogP contribution in [0, 0.1) is 24.2 Å². The Morgan fingerprint density at radius 3 is 2.78 bits per heavy atom. The number of halogens is 3. The standard InChI is InChI=1S/C14H12F3N5O/c1-7-4-9(5-18)20-12-10(6-19-22(7)12)13(23)21-11(8-2-3-8)14(15,16)17/h4,6,8,11H,2-3H2,1H3,(H,21,23). The third-order valence-electron chi connectivity index (χ3n) is 3.74. The molecule has 23 heavy (non-hydrogen) atoms. The molecule has 1 unspecified atom stereocenters. The summed E-state index contributed by atoms with van der Waals surface area (Å²) in [6, 6.07) is 1.45. The third-order valence-corrected chi connectivity index (χ3v) is 3.74. The van der Waals surface area contributed by atoms with Crippen molar-refractivity contribution in [1.29, 1.82) is 5.26 Å². The van der Waals surface area contributed by atoms with Crippen LogP contribution in [0.15, 0.2) is 12.3 Å². The Bertz CT molecular complexity index is 816. The third kappa shape index (κ3) is 2.84. The fourth-order valence-corrected chi connectivity index (χ4v) is 2.45. The van der Waals surface area contributed by atoms with Crippen molar-refractivity contribution >= 4 is 11.6 Å². The summed E-state index contributed by atoms with van der Waals surface area (Å²) in [4.78, 5) is 16.2. The van der Waals surface area contributed by atoms with E-state index in [4.69, 9.17) is 5.26 Å². The predicted molar refractivity (Wildman–Crippen MR) is 72.5 cm³/mol. The van der Waals surface area contributed by atoms with Gasteiger partial charge in [-0.15, -0.1) is 0 Å². The van der Waals surface area contributed by atoms with Crippen LogP contribution in [0.1, 0.15) is 34.6 Å². The maximum Gasteiger partial charge on any atom is 0.408 e. The number of carbonyl (C=O) groups excluding carboxylic acids is 1. The van der Waals surface area contributed by atoms with E-state index < -0.39 is 24.0 Å². The van der Waals surface area contributed by atoms with Crippen LogP contribution in [0.2, 0.25) is 0 Å². The Morgan fingerprint density at radius 2 is 2.22 bits per heavy atom. The number of amides is 1. The molecule has 0 spiro atoms. The number of carbonyl (C=O) groups is 1. The van der Waals surface area contributed by atoms with Crippen LogP contribution in [-0.2, 0) is 0 Å². The van der Waals surface area contributed by atoms with E-state index in [1.54, 1.807) is 6.92 Å². The van der Waals surface area contributed by atoms with Crippen LogP contribution in [0.4, 0.5) is 13.2 Å². The van der Waals surface area contributed by atoms with Gasteiger partial charge in [0.1, 0.15) is 23.4 Å². The van der Waals surface area contributed by atoms with E-state index in [1.807, 2.05) is 11.4 Å². The highest BCUT2D eigenvalue weighted by Gasteiger charge is 2.49. The minimum Gasteiger partial charge on any atom is -0.340 e. The summed E-state index contributed by atoms with van der Waals surface area (Å²) in [5.41, 5.74) is 0.607. The molecule has 0 bridgehead atoms. The van der Waals surface area contributed by atoms with Gasteiger partial charge in [0.25, 0.3) is 5.91 Å². The van der Waals surface area contributed by atoms with Gasteiger partial charge in [-0.1, -0.05) is 0 Å². The Hall–Kier alpha value is -2.63. The molecule has 3 rings (SSSR count). The van der Waals surface area contributed by atoms with E-state index in [-0.39, 0.29) is 16.9 Å². The fraction of sp³-hybridized carbons (Fsp3) is 0.429. The molecule has 0 aliphatic heterocycles. The number of alkyl halides is 3. The molecule has 2 aromatic rings. The number of fused-ring (bicyclic) bond motifs is 1. The molecule has 0 radical (unpaired) electrons. The van der Waals surface area contributed by atoms with E-state index in [1.165, 1.54) is 10.6 Å². The molecule has 120 valence electrons. The molecule has 2 heterocycles. The van der Waals surface area contributed by atoms with Gasteiger partial charge >= 0.3 is 6.18 Å². The molecule has 1 amide bonds. The second-order valence-corrected chi connectivity index (χ2v) is 5.52. The van der Waals surface area contributed by atoms with Crippen LogP contribution >= 0.6 is 0 Å². The first kappa shape index (κ1) is 15.3. The normalized spacial score (nSPS) is 16.1. The van der Waals surface area contributed by atoms with E-state index >= 15 is 0 Å². The van der Waals surface area contributed by atoms with Gasteiger partial charge in [-0.05, 0) is 31.7 Å². The topological polar surface area (TPSA) is 83.1 Å². The monoisotopic (exact) mass is 323 g/mol. The van der Waals surface area contributed by atoms with Gasteiger partial charge in [-0.3, -0.25) is 4.79 Å². The first-order valence-electron chi connectivity index (χ1n) is 6.94. The number of hydrogen-bond donors (Lipinski definition) is 1. The second kappa shape index (κ2) is 5.22. The van der Waals surface area contributed by atoms with Gasteiger partial charge in [0, 0.05) is 5.69 Å². The smallest absolute Gasteiger partial charge is 0.340 e. The average molecular weight is 323 g/mol. The maximum atomic E-state index is 13.0. The summed E-state index contributed by atoms with van der Waals surface area (Å²) in [7, 11) is 0. The number of hydrogen-bond acceptors (Lipinski definition) is 4. The highest BCUT2D eigenvalue weighted by Crippen LogP contribution is 2.40. The first-order valence-corrected chi connectivity index (χ1v) is 6.94. The SMILES string of the molecule is Cc1cc(C#N)nc2c(C(=O)NC(C3CC3)C(F)(F)F)cnn12. The molecule has 1 fully saturated rings. The second-order valence-electron chi connectivity index (χ2n) is 5.52. The van der Waals surface area contributed by atoms with Crippen molar-refractivity contribution < 1.29 is 18.0 Å². The van der Waals surface area contributed by atoms with E-state index in [2.05, 4.69) is 10.1 Å². The number of nitrogens with one attached hydrogen (secondary N) is 1. The largest absolute Gasteiger partial charge is 0.408 e. The van der Waals surface area contributed by atoms with E-state index in [0.29, 0.717) is 18.5 Å². The van der Waals surface area contributed by atoms with Crippen LogP contribution in [0.3, 0.4) is 0 Å². The maximum absolute atomic E-state index is 13.0. The molecule has 9 heteroatoms. The molecule has 0 aromatic carbocycles. The molecule has 0 saturated heterocycles. The number of nitrogens with zero attached hydrogens (tertiary/aromatic N) is 4. The molecular formula is C14H12F3N5O. The first-order chi connectivity index (χ1) is 10.8. The molecule has 1 N–H and O–H groups in total. The summed E-state index contributed by atoms with van der Waals surface area (Å²) < 4.78 is 40.4. The Kier molecular flexibility index (Phi) is 3.47. The van der Waals surface area contributed by atoms with Crippen LogP contribution in [0.25, 0.3) is 5.65 Å². The number of nitriles is 1. The molecule has 1 aliphatic rings. The lowest BCUT2D eigenvalue weighted by molar-refractivity contribution is -0.158. The van der Waals surface area contributed by atoms with Gasteiger partial charge in [0.2, 0.25) is 0 Å². The van der Waals surface area contributed by atoms with Gasteiger partial charge < -0.3 is 5.32 Å². The van der Waals surface area contributed by atoms with Gasteiger partial charge in [-0.2, -0.15) is 23.5 Å². The van der Waals surface area contributed by atoms with Crippen molar-refractivity contribution in [2.45, 2.75) is 32.0 Å². The molecule has 1 aliphatic carbocycles. The van der Waals surface area contributed by atoms with Gasteiger partial charge in [0.15, 0.2) is 5.65 Å². The number of aryl methyl sites for hydroxylation is 1. The quantitative estimate of drug-likeness (QED) is 0.936. The Morgan fingerprint density at radius 1 is 1.52 bits per heavy atom. The van der Waals surface area contributed by atoms with E-state index in [9.17, 15) is 18.0 Å². The van der Waals surface area contributed by atoms with E-state index in [0.717, 1.165) is 6.20 Å². The molecule has 1 saturated carbocycles. The Balaban J connectivity index is 1.95. The Labute approximate surface area is 128 Å². The van der Waals surface area contributed by atoms with Crippen molar-refractivity contribution in [3.8, 4) is 6.07 Å². The molecule has 1 atom stereocenters. The van der Waals surface area contributed by atoms with Crippen LogP contribution in [-0.4, -0.2) is 32.7 Å². The summed E-state index contributed by atoms with van der Waals surface area (Å²) in [5.74, 6) is -1.47. The van der Waals surface area contributed by atoms with Crippen LogP contribution in [0.5, 0.6) is 0 Å². The zero-order valence-corrected chi connectivity index (χ0v) is 12.1. The number of rotatable bonds is 3. The summed E-state index contributed by atoms with van der Waals surface area (Å²) in [6.07, 6.45) is -2.46. The lowest BCUT2D eigenvalue weighted by atomic mass is 10.1. The zero-order valence-electron chi connectivity index (χ0n) is 12.1. The van der Waals surface area contributed by atoms with Gasteiger partial charge in [0.05, 0.1) is 6.20 Å². The van der Waals surface area contributed by atoms with Gasteiger partial charge in [-0.25, -0.2) is 9.50 Å². The summed E-state index contributed by atoms with van der Waals surface area (Å²) in [6.45, 7) is 1.66. The summed E-state index contributed by atoms with van der Waals surface area (Å²) >= 11 is 0. The average Bonchev–Trinajstić information content (AvgIpc) is 3.21. The predicted octanol–water partition coefficient (Wildman–Crippen LogP) is 1.98. The summed E-state index contributed by atoms with van der Waals surface area (Å²) in [5, 5.41) is 14.9.